The van der Waals surface area contributed by atoms with Crippen molar-refractivity contribution in [2.24, 2.45) is 0 Å². The van der Waals surface area contributed by atoms with Crippen LogP contribution in [0.15, 0.2) is 48.2 Å². The third-order valence-electron chi connectivity index (χ3n) is 2.93. The van der Waals surface area contributed by atoms with E-state index in [9.17, 15) is 14.7 Å². The number of benzene rings is 1. The zero-order valence-corrected chi connectivity index (χ0v) is 14.1. The van der Waals surface area contributed by atoms with E-state index in [2.05, 4.69) is 0 Å². The average Bonchev–Trinajstić information content (AvgIpc) is 2.62. The number of carbonyl (C=O) groups excluding carboxylic acids is 2. The topological polar surface area (TPSA) is 124 Å². The van der Waals surface area contributed by atoms with Crippen molar-refractivity contribution in [1.29, 1.82) is 10.5 Å². The minimum absolute atomic E-state index is 0.0332. The number of para-hydroxylation sites is 1. The number of phenols is 1. The maximum atomic E-state index is 11.7. The highest BCUT2D eigenvalue weighted by Gasteiger charge is 2.12. The van der Waals surface area contributed by atoms with Gasteiger partial charge in [0.25, 0.3) is 0 Å². The molecule has 0 spiro atoms. The number of nitrogens with zero attached hydrogens (tertiary/aromatic N) is 3. The zero-order chi connectivity index (χ0) is 19.4. The van der Waals surface area contributed by atoms with Gasteiger partial charge in [-0.1, -0.05) is 12.1 Å². The lowest BCUT2D eigenvalue weighted by atomic mass is 10.2. The average molecular weight is 355 g/mol. The summed E-state index contributed by atoms with van der Waals surface area (Å²) in [6.45, 7) is -0.330. The maximum Gasteiger partial charge on any atom is 0.342 e. The number of hydrogen-bond donors (Lipinski definition) is 1. The Morgan fingerprint density at radius 2 is 1.85 bits per heavy atom. The molecule has 0 saturated heterocycles. The molecule has 0 radical (unpaired) electrons. The van der Waals surface area contributed by atoms with Crippen LogP contribution in [0.2, 0.25) is 0 Å². The zero-order valence-electron chi connectivity index (χ0n) is 14.1. The summed E-state index contributed by atoms with van der Waals surface area (Å²) in [6.07, 6.45) is 4.29. The number of allylic oxidation sites excluding steroid dienone is 3. The molecule has 1 aromatic carbocycles. The number of ether oxygens (including phenoxy) is 2. The summed E-state index contributed by atoms with van der Waals surface area (Å²) in [4.78, 5) is 24.9. The summed E-state index contributed by atoms with van der Waals surface area (Å²) in [6, 6.07) is 9.37. The Hall–Kier alpha value is -3.78. The lowest BCUT2D eigenvalue weighted by Crippen LogP contribution is -2.24. The molecule has 0 saturated carbocycles. The highest BCUT2D eigenvalue weighted by Crippen LogP contribution is 2.16. The summed E-state index contributed by atoms with van der Waals surface area (Å²) in [5, 5.41) is 26.7. The van der Waals surface area contributed by atoms with Gasteiger partial charge in [-0.25, -0.2) is 4.79 Å². The van der Waals surface area contributed by atoms with Gasteiger partial charge < -0.3 is 19.5 Å². The van der Waals surface area contributed by atoms with Gasteiger partial charge in [-0.3, -0.25) is 4.79 Å². The first-order valence-electron chi connectivity index (χ1n) is 7.47. The van der Waals surface area contributed by atoms with Crippen molar-refractivity contribution < 1.29 is 24.2 Å². The molecule has 1 aromatic rings. The number of esters is 2. The van der Waals surface area contributed by atoms with E-state index in [-0.39, 0.29) is 36.6 Å². The first-order chi connectivity index (χ1) is 12.5. The molecule has 1 rings (SSSR count). The van der Waals surface area contributed by atoms with Crippen molar-refractivity contribution in [3.63, 3.8) is 0 Å². The fourth-order valence-corrected chi connectivity index (χ4v) is 1.70. The van der Waals surface area contributed by atoms with E-state index in [4.69, 9.17) is 20.0 Å². The molecule has 26 heavy (non-hydrogen) atoms. The second kappa shape index (κ2) is 10.9. The van der Waals surface area contributed by atoms with Gasteiger partial charge in [-0.15, -0.1) is 0 Å². The van der Waals surface area contributed by atoms with Crippen LogP contribution in [0.1, 0.15) is 10.4 Å². The van der Waals surface area contributed by atoms with Crippen LogP contribution in [0.25, 0.3) is 0 Å². The quantitative estimate of drug-likeness (QED) is 0.322. The van der Waals surface area contributed by atoms with E-state index in [0.29, 0.717) is 0 Å². The number of aromatic hydroxyl groups is 1. The lowest BCUT2D eigenvalue weighted by Gasteiger charge is -2.13. The molecule has 134 valence electrons. The fourth-order valence-electron chi connectivity index (χ4n) is 1.70. The molecule has 1 N–H and O–H groups in total. The molecule has 0 atom stereocenters. The monoisotopic (exact) mass is 355 g/mol. The standard InChI is InChI=1S/C18H17N3O5/c1-21(8-4-5-14(11-19)12-20)13-17(23)25-9-10-26-18(24)15-6-2-3-7-16(15)22/h2-8,22H,9-10,13H2,1H3/b8-4+. The molecule has 8 nitrogen and oxygen atoms in total. The second-order valence-corrected chi connectivity index (χ2v) is 4.93. The van der Waals surface area contributed by atoms with Crippen molar-refractivity contribution in [2.45, 2.75) is 0 Å². The smallest absolute Gasteiger partial charge is 0.342 e. The third kappa shape index (κ3) is 7.20. The second-order valence-electron chi connectivity index (χ2n) is 4.93. The van der Waals surface area contributed by atoms with E-state index < -0.39 is 11.9 Å². The molecule has 0 amide bonds. The summed E-state index contributed by atoms with van der Waals surface area (Å²) in [5.74, 6) is -1.44. The van der Waals surface area contributed by atoms with Crippen LogP contribution in [0.5, 0.6) is 5.75 Å². The van der Waals surface area contributed by atoms with Crippen LogP contribution < -0.4 is 0 Å². The van der Waals surface area contributed by atoms with Gasteiger partial charge >= 0.3 is 11.9 Å². The van der Waals surface area contributed by atoms with Gasteiger partial charge in [0.15, 0.2) is 0 Å². The number of nitriles is 2. The van der Waals surface area contributed by atoms with Crippen LogP contribution in [-0.4, -0.2) is 48.8 Å². The molecule has 0 aromatic heterocycles. The van der Waals surface area contributed by atoms with Crippen LogP contribution in [-0.2, 0) is 14.3 Å². The Morgan fingerprint density at radius 3 is 2.50 bits per heavy atom. The molecule has 0 aliphatic rings. The largest absolute Gasteiger partial charge is 0.507 e. The molecule has 8 heteroatoms. The van der Waals surface area contributed by atoms with Crippen LogP contribution in [0.3, 0.4) is 0 Å². The van der Waals surface area contributed by atoms with E-state index in [0.717, 1.165) is 0 Å². The van der Waals surface area contributed by atoms with Crippen molar-refractivity contribution in [3.05, 3.63) is 53.8 Å². The molecule has 0 aliphatic carbocycles. The molecule has 0 bridgehead atoms. The number of phenolic OH excluding ortho intramolecular Hbond substituents is 1. The number of likely N-dealkylation sites (N-methyl/N-ethyl adjacent to an activating group) is 1. The summed E-state index contributed by atoms with van der Waals surface area (Å²) in [5.41, 5.74) is -0.0191. The molecule has 0 fully saturated rings. The Bertz CT molecular complexity index is 771. The highest BCUT2D eigenvalue weighted by atomic mass is 16.6. The lowest BCUT2D eigenvalue weighted by molar-refractivity contribution is -0.145. The van der Waals surface area contributed by atoms with Gasteiger partial charge in [0.2, 0.25) is 0 Å². The van der Waals surface area contributed by atoms with Gasteiger partial charge in [-0.05, 0) is 30.5 Å². The summed E-state index contributed by atoms with van der Waals surface area (Å²) >= 11 is 0. The first kappa shape index (κ1) is 20.3. The van der Waals surface area contributed by atoms with Gasteiger partial charge in [0, 0.05) is 7.05 Å². The van der Waals surface area contributed by atoms with Crippen molar-refractivity contribution in [3.8, 4) is 17.9 Å². The summed E-state index contributed by atoms with van der Waals surface area (Å²) < 4.78 is 9.83. The van der Waals surface area contributed by atoms with Gasteiger partial charge in [0.1, 0.15) is 48.8 Å². The van der Waals surface area contributed by atoms with Crippen molar-refractivity contribution >= 4 is 11.9 Å². The minimum atomic E-state index is -0.711. The van der Waals surface area contributed by atoms with Crippen LogP contribution >= 0.6 is 0 Å². The van der Waals surface area contributed by atoms with Crippen LogP contribution in [0, 0.1) is 22.7 Å². The van der Waals surface area contributed by atoms with E-state index in [1.807, 2.05) is 0 Å². The predicted molar refractivity (Wildman–Crippen MR) is 90.4 cm³/mol. The SMILES string of the molecule is CN(/C=C/C=C(C#N)C#N)CC(=O)OCCOC(=O)c1ccccc1O. The number of carbonyl (C=O) groups is 2. The predicted octanol–water partition coefficient (Wildman–Crippen LogP) is 1.51. The maximum absolute atomic E-state index is 11.7. The first-order valence-corrected chi connectivity index (χ1v) is 7.47. The number of rotatable bonds is 8. The third-order valence-corrected chi connectivity index (χ3v) is 2.93. The Kier molecular flexibility index (Phi) is 8.49. The highest BCUT2D eigenvalue weighted by molar-refractivity contribution is 5.92. The van der Waals surface area contributed by atoms with Crippen LogP contribution in [0.4, 0.5) is 0 Å². The molecular formula is C18H17N3O5. The minimum Gasteiger partial charge on any atom is -0.507 e. The number of hydrogen-bond acceptors (Lipinski definition) is 8. The van der Waals surface area contributed by atoms with E-state index >= 15 is 0 Å². The Morgan fingerprint density at radius 1 is 1.19 bits per heavy atom. The Labute approximate surface area is 150 Å². The normalized spacial score (nSPS) is 9.65. The molecule has 0 heterocycles. The molecule has 0 aliphatic heterocycles. The van der Waals surface area contributed by atoms with E-state index in [1.54, 1.807) is 31.3 Å². The fraction of sp³-hybridized carbons (Fsp3) is 0.222. The van der Waals surface area contributed by atoms with E-state index in [1.165, 1.54) is 35.4 Å². The Balaban J connectivity index is 2.30. The molecule has 0 unspecified atom stereocenters. The van der Waals surface area contributed by atoms with Gasteiger partial charge in [0.05, 0.1) is 0 Å². The summed E-state index contributed by atoms with van der Waals surface area (Å²) in [7, 11) is 1.61. The van der Waals surface area contributed by atoms with Gasteiger partial charge in [-0.2, -0.15) is 10.5 Å². The van der Waals surface area contributed by atoms with Crippen molar-refractivity contribution in [2.75, 3.05) is 26.8 Å². The van der Waals surface area contributed by atoms with Crippen molar-refractivity contribution in [1.82, 2.24) is 4.90 Å². The molecular weight excluding hydrogens is 338 g/mol.